The number of halogens is 1. The molecule has 0 bridgehead atoms. The third-order valence-electron chi connectivity index (χ3n) is 4.13. The highest BCUT2D eigenvalue weighted by Gasteiger charge is 2.24. The number of hydrogen-bond donors (Lipinski definition) is 1. The Morgan fingerprint density at radius 1 is 1.23 bits per heavy atom. The molecule has 1 aromatic carbocycles. The molecule has 0 aliphatic heterocycles. The highest BCUT2D eigenvalue weighted by Crippen LogP contribution is 2.34. The van der Waals surface area contributed by atoms with Crippen molar-refractivity contribution < 1.29 is 28.6 Å². The summed E-state index contributed by atoms with van der Waals surface area (Å²) in [6.45, 7) is 1.64. The van der Waals surface area contributed by atoms with E-state index in [9.17, 15) is 19.1 Å². The van der Waals surface area contributed by atoms with E-state index in [1.54, 1.807) is 19.1 Å². The van der Waals surface area contributed by atoms with Gasteiger partial charge in [0.05, 0.1) is 31.0 Å². The number of hydrogen-bond acceptors (Lipinski definition) is 5. The Labute approximate surface area is 152 Å². The maximum Gasteiger partial charge on any atom is 0.307 e. The van der Waals surface area contributed by atoms with Crippen LogP contribution in [0.1, 0.15) is 20.9 Å². The van der Waals surface area contributed by atoms with E-state index in [-0.39, 0.29) is 18.1 Å². The van der Waals surface area contributed by atoms with Crippen LogP contribution in [0.15, 0.2) is 24.3 Å². The number of ether oxygens (including phenoxy) is 2. The fourth-order valence-corrected chi connectivity index (χ4v) is 3.68. The molecule has 26 heavy (non-hydrogen) atoms. The molecular weight excluding hydrogens is 361 g/mol. The smallest absolute Gasteiger partial charge is 0.307 e. The molecule has 0 aliphatic carbocycles. The van der Waals surface area contributed by atoms with E-state index < -0.39 is 11.8 Å². The Morgan fingerprint density at radius 2 is 1.96 bits per heavy atom. The minimum atomic E-state index is -1.04. The highest BCUT2D eigenvalue weighted by molar-refractivity contribution is 7.15. The van der Waals surface area contributed by atoms with Crippen LogP contribution in [0, 0.1) is 12.7 Å². The number of rotatable bonds is 5. The van der Waals surface area contributed by atoms with Crippen molar-refractivity contribution >= 4 is 34.1 Å². The number of carboxylic acids is 1. The third-order valence-corrected chi connectivity index (χ3v) is 5.17. The number of carbonyl (C=O) groups excluding carboxylic acids is 1. The van der Waals surface area contributed by atoms with Gasteiger partial charge in [0.15, 0.2) is 16.6 Å². The maximum absolute atomic E-state index is 14.2. The van der Waals surface area contributed by atoms with E-state index >= 15 is 0 Å². The lowest BCUT2D eigenvalue weighted by atomic mass is 10.1. The van der Waals surface area contributed by atoms with Gasteiger partial charge in [-0.1, -0.05) is 11.3 Å². The van der Waals surface area contributed by atoms with Crippen LogP contribution in [0.5, 0.6) is 10.8 Å². The molecule has 6 nitrogen and oxygen atoms in total. The summed E-state index contributed by atoms with van der Waals surface area (Å²) in [5.41, 5.74) is 1.20. The van der Waals surface area contributed by atoms with Crippen LogP contribution in [-0.4, -0.2) is 35.8 Å². The van der Waals surface area contributed by atoms with Gasteiger partial charge in [-0.2, -0.15) is 0 Å². The summed E-state index contributed by atoms with van der Waals surface area (Å²) in [6.07, 6.45) is -0.287. The van der Waals surface area contributed by atoms with Gasteiger partial charge in [-0.15, -0.1) is 0 Å². The Bertz CT molecular complexity index is 1020. The van der Waals surface area contributed by atoms with E-state index in [2.05, 4.69) is 0 Å². The van der Waals surface area contributed by atoms with E-state index in [4.69, 9.17) is 9.47 Å². The first-order valence-electron chi connectivity index (χ1n) is 7.65. The fraction of sp³-hybridized carbons (Fsp3) is 0.222. The number of methoxy groups -OCH3 is 2. The Hall–Kier alpha value is -2.87. The standard InChI is InChI=1S/C18H16FNO5S/c1-9-10(7-16(21)22)11-6-14(24-2)12(19)8-13(11)20(9)18(23)15-4-5-17(25-3)26-15/h4-6,8H,7H2,1-3H3,(H,21,22). The summed E-state index contributed by atoms with van der Waals surface area (Å²) in [5, 5.41) is 10.3. The van der Waals surface area contributed by atoms with Crippen molar-refractivity contribution in [2.45, 2.75) is 13.3 Å². The zero-order valence-electron chi connectivity index (χ0n) is 14.3. The number of benzene rings is 1. The average Bonchev–Trinajstić information content (AvgIpc) is 3.17. The van der Waals surface area contributed by atoms with E-state index in [1.807, 2.05) is 0 Å². The molecule has 0 amide bonds. The molecule has 0 fully saturated rings. The van der Waals surface area contributed by atoms with Crippen molar-refractivity contribution in [2.75, 3.05) is 14.2 Å². The number of nitrogens with zero attached hydrogens (tertiary/aromatic N) is 1. The molecule has 0 spiro atoms. The van der Waals surface area contributed by atoms with Crippen LogP contribution in [0.2, 0.25) is 0 Å². The van der Waals surface area contributed by atoms with Crippen LogP contribution in [-0.2, 0) is 11.2 Å². The van der Waals surface area contributed by atoms with Gasteiger partial charge >= 0.3 is 5.97 Å². The van der Waals surface area contributed by atoms with Gasteiger partial charge in [0.2, 0.25) is 0 Å². The number of carbonyl (C=O) groups is 2. The van der Waals surface area contributed by atoms with Gasteiger partial charge in [0.1, 0.15) is 0 Å². The molecule has 8 heteroatoms. The number of fused-ring (bicyclic) bond motifs is 1. The largest absolute Gasteiger partial charge is 0.494 e. The summed E-state index contributed by atoms with van der Waals surface area (Å²) in [5.74, 6) is -2.05. The molecule has 136 valence electrons. The average molecular weight is 377 g/mol. The van der Waals surface area contributed by atoms with Crippen LogP contribution in [0.4, 0.5) is 4.39 Å². The SMILES string of the molecule is COc1ccc(C(=O)n2c(C)c(CC(=O)O)c3cc(OC)c(F)cc32)s1. The summed E-state index contributed by atoms with van der Waals surface area (Å²) in [7, 11) is 2.83. The number of carboxylic acid groups (broad SMARTS) is 1. The molecule has 1 N–H and O–H groups in total. The zero-order chi connectivity index (χ0) is 19.0. The summed E-state index contributed by atoms with van der Waals surface area (Å²) >= 11 is 1.16. The van der Waals surface area contributed by atoms with Crippen molar-refractivity contribution in [3.05, 3.63) is 46.2 Å². The van der Waals surface area contributed by atoms with Gasteiger partial charge in [0.25, 0.3) is 5.91 Å². The first-order valence-corrected chi connectivity index (χ1v) is 8.46. The second-order valence-corrected chi connectivity index (χ2v) is 6.65. The fourth-order valence-electron chi connectivity index (χ4n) is 2.93. The molecular formula is C18H16FNO5S. The first kappa shape index (κ1) is 17.9. The molecule has 0 atom stereocenters. The van der Waals surface area contributed by atoms with Crippen LogP contribution >= 0.6 is 11.3 Å². The lowest BCUT2D eigenvalue weighted by Gasteiger charge is -2.06. The van der Waals surface area contributed by atoms with Crippen molar-refractivity contribution in [1.29, 1.82) is 0 Å². The number of thiophene rings is 1. The number of aliphatic carboxylic acids is 1. The minimum Gasteiger partial charge on any atom is -0.494 e. The molecule has 3 rings (SSSR count). The maximum atomic E-state index is 14.2. The van der Waals surface area contributed by atoms with Crippen molar-refractivity contribution in [3.63, 3.8) is 0 Å². The normalized spacial score (nSPS) is 10.9. The molecule has 0 saturated heterocycles. The second-order valence-electron chi connectivity index (χ2n) is 5.60. The molecule has 0 radical (unpaired) electrons. The Balaban J connectivity index is 2.26. The van der Waals surface area contributed by atoms with Gasteiger partial charge in [-0.05, 0) is 30.7 Å². The quantitative estimate of drug-likeness (QED) is 0.737. The highest BCUT2D eigenvalue weighted by atomic mass is 32.1. The molecule has 0 aliphatic rings. The Morgan fingerprint density at radius 3 is 2.54 bits per heavy atom. The van der Waals surface area contributed by atoms with E-state index in [0.717, 1.165) is 11.3 Å². The molecule has 0 unspecified atom stereocenters. The lowest BCUT2D eigenvalue weighted by Crippen LogP contribution is -2.13. The van der Waals surface area contributed by atoms with E-state index in [1.165, 1.54) is 30.9 Å². The van der Waals surface area contributed by atoms with Crippen LogP contribution < -0.4 is 9.47 Å². The lowest BCUT2D eigenvalue weighted by molar-refractivity contribution is -0.136. The molecule has 0 saturated carbocycles. The van der Waals surface area contributed by atoms with E-state index in [0.29, 0.717) is 32.1 Å². The van der Waals surface area contributed by atoms with Crippen LogP contribution in [0.25, 0.3) is 10.9 Å². The summed E-state index contributed by atoms with van der Waals surface area (Å²) in [6, 6.07) is 5.90. The summed E-state index contributed by atoms with van der Waals surface area (Å²) < 4.78 is 25.7. The van der Waals surface area contributed by atoms with Gasteiger partial charge in [-0.25, -0.2) is 4.39 Å². The minimum absolute atomic E-state index is 0.00784. The van der Waals surface area contributed by atoms with Crippen molar-refractivity contribution in [1.82, 2.24) is 4.57 Å². The third kappa shape index (κ3) is 2.92. The van der Waals surface area contributed by atoms with Crippen LogP contribution in [0.3, 0.4) is 0 Å². The molecule has 3 aromatic rings. The van der Waals surface area contributed by atoms with Gasteiger partial charge in [-0.3, -0.25) is 14.2 Å². The summed E-state index contributed by atoms with van der Waals surface area (Å²) in [4.78, 5) is 24.7. The van der Waals surface area contributed by atoms with Crippen molar-refractivity contribution in [2.24, 2.45) is 0 Å². The number of aromatic nitrogens is 1. The molecule has 2 heterocycles. The monoisotopic (exact) mass is 377 g/mol. The van der Waals surface area contributed by atoms with Gasteiger partial charge < -0.3 is 14.6 Å². The second kappa shape index (κ2) is 6.80. The Kier molecular flexibility index (Phi) is 4.69. The predicted octanol–water partition coefficient (Wildman–Crippen LogP) is 3.48. The molecule has 2 aromatic heterocycles. The topological polar surface area (TPSA) is 77.8 Å². The van der Waals surface area contributed by atoms with Crippen molar-refractivity contribution in [3.8, 4) is 10.8 Å². The first-order chi connectivity index (χ1) is 12.4. The van der Waals surface area contributed by atoms with Gasteiger partial charge in [0, 0.05) is 17.1 Å². The zero-order valence-corrected chi connectivity index (χ0v) is 15.1. The predicted molar refractivity (Wildman–Crippen MR) is 95.1 cm³/mol.